The molecule has 1 aliphatic rings. The van der Waals surface area contributed by atoms with Gasteiger partial charge in [0, 0.05) is 19.1 Å². The van der Waals surface area contributed by atoms with E-state index >= 15 is 0 Å². The molecule has 1 fully saturated rings. The van der Waals surface area contributed by atoms with Crippen LogP contribution in [0.2, 0.25) is 0 Å². The molecule has 1 unspecified atom stereocenters. The van der Waals surface area contributed by atoms with E-state index in [4.69, 9.17) is 4.74 Å². The summed E-state index contributed by atoms with van der Waals surface area (Å²) in [4.78, 5) is 0. The minimum atomic E-state index is 0.406. The number of hydrogen-bond donors (Lipinski definition) is 1. The van der Waals surface area contributed by atoms with Crippen LogP contribution in [0, 0.1) is 0 Å². The lowest BCUT2D eigenvalue weighted by molar-refractivity contribution is 0.00289. The van der Waals surface area contributed by atoms with Gasteiger partial charge in [-0.2, -0.15) is 0 Å². The fourth-order valence-electron chi connectivity index (χ4n) is 1.11. The smallest absolute Gasteiger partial charge is 0.140 e. The molecule has 2 nitrogen and oxygen atoms in total. The minimum Gasteiger partial charge on any atom is -0.381 e. The van der Waals surface area contributed by atoms with Crippen molar-refractivity contribution in [3.05, 3.63) is 0 Å². The molecule has 0 aromatic carbocycles. The molecule has 9 heavy (non-hydrogen) atoms. The quantitative estimate of drug-likeness (QED) is 0.472. The monoisotopic (exact) mass is 127 g/mol. The van der Waals surface area contributed by atoms with Gasteiger partial charge < -0.3 is 10.1 Å². The molecule has 3 heteroatoms. The summed E-state index contributed by atoms with van der Waals surface area (Å²) in [6.07, 6.45) is 1.57. The molecular formula is C6H14BNO. The van der Waals surface area contributed by atoms with Crippen LogP contribution in [-0.2, 0) is 4.74 Å². The highest BCUT2D eigenvalue weighted by Crippen LogP contribution is 2.03. The van der Waals surface area contributed by atoms with Gasteiger partial charge in [0.05, 0.1) is 6.10 Å². The summed E-state index contributed by atoms with van der Waals surface area (Å²) in [5.41, 5.74) is 0. The van der Waals surface area contributed by atoms with Gasteiger partial charge in [-0.1, -0.05) is 6.92 Å². The zero-order valence-electron chi connectivity index (χ0n) is 6.18. The van der Waals surface area contributed by atoms with Crippen LogP contribution in [0.5, 0.6) is 0 Å². The van der Waals surface area contributed by atoms with Crippen LogP contribution in [0.1, 0.15) is 13.3 Å². The summed E-state index contributed by atoms with van der Waals surface area (Å²) in [7, 11) is 2.11. The van der Waals surface area contributed by atoms with Crippen LogP contribution >= 0.6 is 0 Å². The van der Waals surface area contributed by atoms with Crippen LogP contribution in [-0.4, -0.2) is 33.0 Å². The van der Waals surface area contributed by atoms with Gasteiger partial charge in [-0.3, -0.25) is 0 Å². The molecule has 1 rings (SSSR count). The maximum absolute atomic E-state index is 5.57. The van der Waals surface area contributed by atoms with E-state index in [1.54, 1.807) is 0 Å². The molecule has 2 atom stereocenters. The first-order valence-corrected chi connectivity index (χ1v) is 3.69. The Labute approximate surface area is 57.4 Å². The standard InChI is InChI=1S/C6H14BNO/c1-2-5-3-8-4-6(7)9-5/h5-6,8H,2-4,7H2,1H3/t5-,6?/m1/s1. The number of rotatable bonds is 1. The lowest BCUT2D eigenvalue weighted by Crippen LogP contribution is -2.44. The van der Waals surface area contributed by atoms with Crippen molar-refractivity contribution in [3.63, 3.8) is 0 Å². The average Bonchev–Trinajstić information content (AvgIpc) is 1.88. The Kier molecular flexibility index (Phi) is 2.55. The first kappa shape index (κ1) is 7.10. The predicted molar refractivity (Wildman–Crippen MR) is 40.4 cm³/mol. The van der Waals surface area contributed by atoms with Gasteiger partial charge in [0.15, 0.2) is 0 Å². The second-order valence-corrected chi connectivity index (χ2v) is 2.64. The van der Waals surface area contributed by atoms with Gasteiger partial charge in [0.1, 0.15) is 7.85 Å². The van der Waals surface area contributed by atoms with Crippen molar-refractivity contribution in [2.75, 3.05) is 13.1 Å². The SMILES string of the molecule is BC1CNC[C@@H](CC)O1. The summed E-state index contributed by atoms with van der Waals surface area (Å²) in [5.74, 6) is 0. The Morgan fingerprint density at radius 3 is 2.89 bits per heavy atom. The molecule has 0 radical (unpaired) electrons. The normalized spacial score (nSPS) is 36.6. The largest absolute Gasteiger partial charge is 0.381 e. The summed E-state index contributed by atoms with van der Waals surface area (Å²) >= 11 is 0. The van der Waals surface area contributed by atoms with E-state index in [9.17, 15) is 0 Å². The van der Waals surface area contributed by atoms with Crippen molar-refractivity contribution >= 4 is 7.85 Å². The third-order valence-corrected chi connectivity index (χ3v) is 1.68. The second-order valence-electron chi connectivity index (χ2n) is 2.64. The van der Waals surface area contributed by atoms with E-state index in [0.29, 0.717) is 12.1 Å². The third-order valence-electron chi connectivity index (χ3n) is 1.68. The molecule has 0 bridgehead atoms. The lowest BCUT2D eigenvalue weighted by Gasteiger charge is -2.27. The second kappa shape index (κ2) is 3.23. The van der Waals surface area contributed by atoms with E-state index < -0.39 is 0 Å². The van der Waals surface area contributed by atoms with Gasteiger partial charge in [-0.15, -0.1) is 0 Å². The zero-order valence-corrected chi connectivity index (χ0v) is 6.18. The van der Waals surface area contributed by atoms with Crippen molar-refractivity contribution in [1.29, 1.82) is 0 Å². The van der Waals surface area contributed by atoms with Crippen LogP contribution < -0.4 is 5.32 Å². The lowest BCUT2D eigenvalue weighted by atomic mass is 9.98. The zero-order chi connectivity index (χ0) is 6.69. The average molecular weight is 127 g/mol. The molecular weight excluding hydrogens is 113 g/mol. The maximum atomic E-state index is 5.57. The van der Waals surface area contributed by atoms with Gasteiger partial charge in [0.25, 0.3) is 0 Å². The molecule has 0 amide bonds. The molecule has 0 aliphatic carbocycles. The number of nitrogens with one attached hydrogen (secondary N) is 1. The Bertz CT molecular complexity index is 89.1. The molecule has 52 valence electrons. The van der Waals surface area contributed by atoms with Crippen molar-refractivity contribution < 1.29 is 4.74 Å². The van der Waals surface area contributed by atoms with E-state index in [1.807, 2.05) is 0 Å². The number of ether oxygens (including phenoxy) is 1. The van der Waals surface area contributed by atoms with Crippen LogP contribution in [0.25, 0.3) is 0 Å². The highest BCUT2D eigenvalue weighted by atomic mass is 16.5. The van der Waals surface area contributed by atoms with E-state index in [0.717, 1.165) is 19.5 Å². The molecule has 0 spiro atoms. The fraction of sp³-hybridized carbons (Fsp3) is 1.00. The summed E-state index contributed by atoms with van der Waals surface area (Å²) in [5, 5.41) is 3.31. The van der Waals surface area contributed by atoms with Crippen molar-refractivity contribution in [2.24, 2.45) is 0 Å². The Balaban J connectivity index is 2.23. The fourth-order valence-corrected chi connectivity index (χ4v) is 1.11. The van der Waals surface area contributed by atoms with E-state index in [-0.39, 0.29) is 0 Å². The number of hydrogen-bond acceptors (Lipinski definition) is 2. The van der Waals surface area contributed by atoms with Crippen molar-refractivity contribution in [2.45, 2.75) is 25.5 Å². The minimum absolute atomic E-state index is 0.406. The predicted octanol–water partition coefficient (Wildman–Crippen LogP) is -0.656. The van der Waals surface area contributed by atoms with Crippen LogP contribution in [0.15, 0.2) is 0 Å². The molecule has 1 aliphatic heterocycles. The molecule has 0 aromatic heterocycles. The first-order valence-electron chi connectivity index (χ1n) is 3.69. The van der Waals surface area contributed by atoms with E-state index in [1.165, 1.54) is 0 Å². The number of morpholine rings is 1. The summed E-state index contributed by atoms with van der Waals surface area (Å²) in [6, 6.07) is 0.406. The van der Waals surface area contributed by atoms with Crippen LogP contribution in [0.3, 0.4) is 0 Å². The Hall–Kier alpha value is -0.0151. The Morgan fingerprint density at radius 1 is 1.67 bits per heavy atom. The molecule has 0 saturated carbocycles. The van der Waals surface area contributed by atoms with Crippen molar-refractivity contribution in [3.8, 4) is 0 Å². The third kappa shape index (κ3) is 1.99. The molecule has 1 N–H and O–H groups in total. The Morgan fingerprint density at radius 2 is 2.44 bits per heavy atom. The summed E-state index contributed by atoms with van der Waals surface area (Å²) in [6.45, 7) is 4.20. The van der Waals surface area contributed by atoms with Gasteiger partial charge >= 0.3 is 0 Å². The summed E-state index contributed by atoms with van der Waals surface area (Å²) < 4.78 is 5.57. The van der Waals surface area contributed by atoms with Gasteiger partial charge in [-0.05, 0) is 6.42 Å². The first-order chi connectivity index (χ1) is 4.33. The maximum Gasteiger partial charge on any atom is 0.140 e. The molecule has 0 aromatic rings. The van der Waals surface area contributed by atoms with E-state index in [2.05, 4.69) is 20.1 Å². The molecule has 1 saturated heterocycles. The topological polar surface area (TPSA) is 21.3 Å². The highest BCUT2D eigenvalue weighted by Gasteiger charge is 2.15. The van der Waals surface area contributed by atoms with Gasteiger partial charge in [0.2, 0.25) is 0 Å². The molecule has 1 heterocycles. The highest BCUT2D eigenvalue weighted by molar-refractivity contribution is 6.11. The van der Waals surface area contributed by atoms with Crippen LogP contribution in [0.4, 0.5) is 0 Å². The van der Waals surface area contributed by atoms with Crippen molar-refractivity contribution in [1.82, 2.24) is 5.32 Å². The van der Waals surface area contributed by atoms with Gasteiger partial charge in [-0.25, -0.2) is 0 Å².